The molecule has 1 aliphatic rings. The van der Waals surface area contributed by atoms with Crippen LogP contribution in [0.2, 0.25) is 0 Å². The lowest BCUT2D eigenvalue weighted by atomic mass is 9.97. The summed E-state index contributed by atoms with van der Waals surface area (Å²) in [5.74, 6) is 1.03. The van der Waals surface area contributed by atoms with Gasteiger partial charge in [-0.25, -0.2) is 0 Å². The minimum Gasteiger partial charge on any atom is -0.488 e. The van der Waals surface area contributed by atoms with Gasteiger partial charge in [-0.05, 0) is 41.1 Å². The standard InChI is InChI=1S/C18H17NOS/c1-19-17(14-7-4-6-12-9-10-21-18(12)14)16-11-13-5-2-3-8-15(13)20-16/h2-10,16-17,19H,11H2,1H3. The number of likely N-dealkylation sites (N-methyl/N-ethyl adjacent to an activating group) is 1. The third kappa shape index (κ3) is 2.13. The number of hydrogen-bond donors (Lipinski definition) is 1. The van der Waals surface area contributed by atoms with Crippen molar-refractivity contribution in [3.05, 3.63) is 65.0 Å². The van der Waals surface area contributed by atoms with Gasteiger partial charge >= 0.3 is 0 Å². The van der Waals surface area contributed by atoms with Crippen LogP contribution in [0.4, 0.5) is 0 Å². The number of nitrogens with one attached hydrogen (secondary N) is 1. The average Bonchev–Trinajstić information content (AvgIpc) is 3.14. The minimum atomic E-state index is 0.153. The van der Waals surface area contributed by atoms with E-state index in [2.05, 4.69) is 53.2 Å². The molecule has 1 aliphatic heterocycles. The van der Waals surface area contributed by atoms with Gasteiger partial charge in [-0.3, -0.25) is 0 Å². The summed E-state index contributed by atoms with van der Waals surface area (Å²) in [6.45, 7) is 0. The Morgan fingerprint density at radius 3 is 2.90 bits per heavy atom. The van der Waals surface area contributed by atoms with Gasteiger partial charge in [-0.2, -0.15) is 0 Å². The van der Waals surface area contributed by atoms with Crippen LogP contribution in [0, 0.1) is 0 Å². The lowest BCUT2D eigenvalue weighted by Gasteiger charge is -2.24. The van der Waals surface area contributed by atoms with Gasteiger partial charge in [0.2, 0.25) is 0 Å². The van der Waals surface area contributed by atoms with E-state index >= 15 is 0 Å². The predicted octanol–water partition coefficient (Wildman–Crippen LogP) is 4.17. The van der Waals surface area contributed by atoms with Crippen molar-refractivity contribution < 1.29 is 4.74 Å². The van der Waals surface area contributed by atoms with E-state index in [-0.39, 0.29) is 12.1 Å². The fraction of sp³-hybridized carbons (Fsp3) is 0.222. The number of fused-ring (bicyclic) bond motifs is 2. The second-order valence-corrected chi connectivity index (χ2v) is 6.34. The zero-order valence-electron chi connectivity index (χ0n) is 11.9. The normalized spacial score (nSPS) is 18.4. The van der Waals surface area contributed by atoms with E-state index in [4.69, 9.17) is 4.74 Å². The van der Waals surface area contributed by atoms with Crippen LogP contribution in [0.1, 0.15) is 17.2 Å². The Bertz CT molecular complexity index is 754. The summed E-state index contributed by atoms with van der Waals surface area (Å²) in [5.41, 5.74) is 2.64. The van der Waals surface area contributed by atoms with Crippen LogP contribution in [-0.4, -0.2) is 13.2 Å². The van der Waals surface area contributed by atoms with E-state index in [0.29, 0.717) is 0 Å². The van der Waals surface area contributed by atoms with E-state index in [1.807, 2.05) is 13.1 Å². The molecule has 3 heteroatoms. The van der Waals surface area contributed by atoms with Crippen LogP contribution >= 0.6 is 11.3 Å². The molecule has 0 bridgehead atoms. The van der Waals surface area contributed by atoms with E-state index in [0.717, 1.165) is 12.2 Å². The van der Waals surface area contributed by atoms with E-state index in [9.17, 15) is 0 Å². The third-order valence-corrected chi connectivity index (χ3v) is 5.18. The van der Waals surface area contributed by atoms with Crippen LogP contribution in [0.15, 0.2) is 53.9 Å². The SMILES string of the molecule is CNC(c1cccc2ccsc12)C1Cc2ccccc2O1. The quantitative estimate of drug-likeness (QED) is 0.783. The first-order valence-electron chi connectivity index (χ1n) is 7.25. The first-order valence-corrected chi connectivity index (χ1v) is 8.13. The van der Waals surface area contributed by atoms with Crippen molar-refractivity contribution in [1.29, 1.82) is 0 Å². The molecule has 2 aromatic carbocycles. The lowest BCUT2D eigenvalue weighted by Crippen LogP contribution is -2.32. The van der Waals surface area contributed by atoms with Crippen molar-refractivity contribution >= 4 is 21.4 Å². The van der Waals surface area contributed by atoms with Crippen LogP contribution in [0.25, 0.3) is 10.1 Å². The maximum Gasteiger partial charge on any atom is 0.123 e. The number of benzene rings is 2. The first-order chi connectivity index (χ1) is 10.4. The molecule has 0 amide bonds. The van der Waals surface area contributed by atoms with Crippen LogP contribution in [0.5, 0.6) is 5.75 Å². The van der Waals surface area contributed by atoms with Crippen LogP contribution in [0.3, 0.4) is 0 Å². The fourth-order valence-corrected chi connectivity index (χ4v) is 4.15. The van der Waals surface area contributed by atoms with Gasteiger partial charge in [0.15, 0.2) is 0 Å². The topological polar surface area (TPSA) is 21.3 Å². The number of hydrogen-bond acceptors (Lipinski definition) is 3. The largest absolute Gasteiger partial charge is 0.488 e. The summed E-state index contributed by atoms with van der Waals surface area (Å²) < 4.78 is 7.54. The number of rotatable bonds is 3. The number of ether oxygens (including phenoxy) is 1. The monoisotopic (exact) mass is 295 g/mol. The maximum absolute atomic E-state index is 6.18. The molecule has 4 rings (SSSR count). The van der Waals surface area contributed by atoms with Crippen molar-refractivity contribution in [2.45, 2.75) is 18.6 Å². The molecule has 0 fully saturated rings. The minimum absolute atomic E-state index is 0.153. The molecule has 0 saturated carbocycles. The molecule has 1 aromatic heterocycles. The second kappa shape index (κ2) is 5.17. The average molecular weight is 295 g/mol. The Morgan fingerprint density at radius 2 is 2.05 bits per heavy atom. The molecule has 106 valence electrons. The summed E-state index contributed by atoms with van der Waals surface area (Å²) in [5, 5.41) is 6.93. The summed E-state index contributed by atoms with van der Waals surface area (Å²) >= 11 is 1.80. The van der Waals surface area contributed by atoms with Crippen LogP contribution < -0.4 is 10.1 Å². The zero-order chi connectivity index (χ0) is 14.2. The summed E-state index contributed by atoms with van der Waals surface area (Å²) in [7, 11) is 2.02. The molecular weight excluding hydrogens is 278 g/mol. The molecule has 0 radical (unpaired) electrons. The van der Waals surface area contributed by atoms with Gasteiger partial charge in [0.25, 0.3) is 0 Å². The van der Waals surface area contributed by atoms with Crippen molar-refractivity contribution in [2.75, 3.05) is 7.05 Å². The highest BCUT2D eigenvalue weighted by atomic mass is 32.1. The molecule has 1 N–H and O–H groups in total. The predicted molar refractivity (Wildman–Crippen MR) is 88.2 cm³/mol. The highest BCUT2D eigenvalue weighted by Crippen LogP contribution is 2.37. The van der Waals surface area contributed by atoms with E-state index in [1.165, 1.54) is 21.2 Å². The molecule has 0 saturated heterocycles. The zero-order valence-corrected chi connectivity index (χ0v) is 12.7. The third-order valence-electron chi connectivity index (χ3n) is 4.20. The van der Waals surface area contributed by atoms with Crippen LogP contribution in [-0.2, 0) is 6.42 Å². The number of thiophene rings is 1. The Hall–Kier alpha value is -1.84. The molecule has 2 heterocycles. The Labute approximate surface area is 128 Å². The second-order valence-electron chi connectivity index (χ2n) is 5.42. The van der Waals surface area contributed by atoms with Gasteiger partial charge in [0.05, 0.1) is 6.04 Å². The fourth-order valence-electron chi connectivity index (χ4n) is 3.20. The highest BCUT2D eigenvalue weighted by Gasteiger charge is 2.31. The molecule has 2 atom stereocenters. The van der Waals surface area contributed by atoms with Crippen molar-refractivity contribution in [3.8, 4) is 5.75 Å². The molecule has 0 aliphatic carbocycles. The molecule has 3 aromatic rings. The van der Waals surface area contributed by atoms with E-state index in [1.54, 1.807) is 11.3 Å². The summed E-state index contributed by atoms with van der Waals surface area (Å²) in [4.78, 5) is 0. The van der Waals surface area contributed by atoms with Gasteiger partial charge in [-0.15, -0.1) is 11.3 Å². The Balaban J connectivity index is 1.72. The number of para-hydroxylation sites is 1. The maximum atomic E-state index is 6.18. The summed E-state index contributed by atoms with van der Waals surface area (Å²) in [6, 6.07) is 17.3. The molecular formula is C18H17NOS. The van der Waals surface area contributed by atoms with Crippen molar-refractivity contribution in [1.82, 2.24) is 5.32 Å². The van der Waals surface area contributed by atoms with E-state index < -0.39 is 0 Å². The van der Waals surface area contributed by atoms with Gasteiger partial charge in [-0.1, -0.05) is 36.4 Å². The lowest BCUT2D eigenvalue weighted by molar-refractivity contribution is 0.184. The molecule has 21 heavy (non-hydrogen) atoms. The molecule has 2 nitrogen and oxygen atoms in total. The Morgan fingerprint density at radius 1 is 1.14 bits per heavy atom. The Kier molecular flexibility index (Phi) is 3.17. The van der Waals surface area contributed by atoms with Gasteiger partial charge in [0, 0.05) is 11.1 Å². The smallest absolute Gasteiger partial charge is 0.123 e. The molecule has 0 spiro atoms. The van der Waals surface area contributed by atoms with Crippen molar-refractivity contribution in [3.63, 3.8) is 0 Å². The van der Waals surface area contributed by atoms with Crippen molar-refractivity contribution in [2.24, 2.45) is 0 Å². The summed E-state index contributed by atoms with van der Waals surface area (Å²) in [6.07, 6.45) is 1.11. The first kappa shape index (κ1) is 12.9. The van der Waals surface area contributed by atoms with Gasteiger partial charge < -0.3 is 10.1 Å². The van der Waals surface area contributed by atoms with Gasteiger partial charge in [0.1, 0.15) is 11.9 Å². The highest BCUT2D eigenvalue weighted by molar-refractivity contribution is 7.17. The molecule has 2 unspecified atom stereocenters.